The van der Waals surface area contributed by atoms with Crippen molar-refractivity contribution in [1.29, 1.82) is 0 Å². The monoisotopic (exact) mass is 395 g/mol. The fraction of sp³-hybridized carbons (Fsp3) is 0.148. The highest BCUT2D eigenvalue weighted by Gasteiger charge is 2.32. The van der Waals surface area contributed by atoms with Crippen LogP contribution >= 0.6 is 0 Å². The van der Waals surface area contributed by atoms with Crippen LogP contribution in [0.15, 0.2) is 89.8 Å². The Bertz CT molecular complexity index is 1300. The van der Waals surface area contributed by atoms with Crippen LogP contribution in [0.4, 0.5) is 0 Å². The lowest BCUT2D eigenvalue weighted by molar-refractivity contribution is 0.102. The molecule has 0 aliphatic heterocycles. The molecule has 0 N–H and O–H groups in total. The summed E-state index contributed by atoms with van der Waals surface area (Å²) in [6, 6.07) is 29.6. The molecule has 0 saturated heterocycles. The van der Waals surface area contributed by atoms with Gasteiger partial charge in [0.1, 0.15) is 5.25 Å². The average Bonchev–Trinajstić information content (AvgIpc) is 2.76. The number of ketones is 1. The summed E-state index contributed by atoms with van der Waals surface area (Å²) >= 11 is 0. The molecule has 0 fully saturated rings. The summed E-state index contributed by atoms with van der Waals surface area (Å²) in [5, 5.41) is 8.21. The van der Waals surface area contributed by atoms with Crippen LogP contribution in [0, 0.1) is 0 Å². The lowest BCUT2D eigenvalue weighted by atomic mass is 9.94. The summed E-state index contributed by atoms with van der Waals surface area (Å²) in [5.41, 5.74) is 0.809. The van der Waals surface area contributed by atoms with E-state index >= 15 is 0 Å². The van der Waals surface area contributed by atoms with Gasteiger partial charge in [-0.15, -0.1) is 0 Å². The average molecular weight is 396 g/mol. The van der Waals surface area contributed by atoms with E-state index in [2.05, 4.69) is 68.4 Å². The van der Waals surface area contributed by atoms with E-state index in [9.17, 15) is 4.79 Å². The zero-order valence-corrected chi connectivity index (χ0v) is 17.5. The Morgan fingerprint density at radius 2 is 1.34 bits per heavy atom. The minimum atomic E-state index is -0.152. The van der Waals surface area contributed by atoms with Crippen molar-refractivity contribution < 1.29 is 4.79 Å². The predicted octanol–water partition coefficient (Wildman–Crippen LogP) is 6.85. The topological polar surface area (TPSA) is 17.1 Å². The summed E-state index contributed by atoms with van der Waals surface area (Å²) in [6.07, 6.45) is 0. The molecule has 1 atom stereocenters. The van der Waals surface area contributed by atoms with Gasteiger partial charge in [0.05, 0.1) is 0 Å². The quantitative estimate of drug-likeness (QED) is 0.181. The van der Waals surface area contributed by atoms with Gasteiger partial charge >= 0.3 is 0 Å². The minimum Gasteiger partial charge on any atom is -0.289 e. The van der Waals surface area contributed by atoms with Gasteiger partial charge in [-0.3, -0.25) is 4.79 Å². The van der Waals surface area contributed by atoms with Gasteiger partial charge in [-0.05, 0) is 53.6 Å². The van der Waals surface area contributed by atoms with Crippen LogP contribution in [0.2, 0.25) is 0 Å². The SMILES string of the molecule is CC(C)[S+](CC(=O)c1ccccc1)c1ccc2ccc3cccc4ccc1c2c34. The summed E-state index contributed by atoms with van der Waals surface area (Å²) in [5.74, 6) is 0.791. The third kappa shape index (κ3) is 3.08. The molecule has 1 nitrogen and oxygen atoms in total. The minimum absolute atomic E-state index is 0.152. The molecule has 2 heteroatoms. The van der Waals surface area contributed by atoms with Crippen LogP contribution in [0.1, 0.15) is 24.2 Å². The molecule has 0 heterocycles. The fourth-order valence-electron chi connectivity index (χ4n) is 4.28. The van der Waals surface area contributed by atoms with Crippen molar-refractivity contribution in [1.82, 2.24) is 0 Å². The molecular formula is C27H23OS+. The molecule has 0 aliphatic rings. The standard InChI is InChI=1S/C27H23OS/c1-18(2)29(17-24(28)19-7-4-3-5-8-19)25-16-14-22-12-11-20-9-6-10-21-13-15-23(25)27(22)26(20)21/h3-16,18H,17H2,1-2H3/q+1. The first-order valence-corrected chi connectivity index (χ1v) is 11.5. The summed E-state index contributed by atoms with van der Waals surface area (Å²) in [7, 11) is -0.152. The highest BCUT2D eigenvalue weighted by molar-refractivity contribution is 7.98. The maximum Gasteiger partial charge on any atom is 0.212 e. The molecule has 0 spiro atoms. The van der Waals surface area contributed by atoms with Crippen LogP contribution in [0.5, 0.6) is 0 Å². The highest BCUT2D eigenvalue weighted by Crippen LogP contribution is 2.38. The van der Waals surface area contributed by atoms with Crippen LogP contribution < -0.4 is 0 Å². The van der Waals surface area contributed by atoms with E-state index in [1.807, 2.05) is 30.3 Å². The lowest BCUT2D eigenvalue weighted by Crippen LogP contribution is -2.25. The molecule has 0 radical (unpaired) electrons. The van der Waals surface area contributed by atoms with Crippen molar-refractivity contribution in [3.05, 3.63) is 90.5 Å². The van der Waals surface area contributed by atoms with Crippen LogP contribution in [-0.4, -0.2) is 16.8 Å². The first-order chi connectivity index (χ1) is 14.1. The molecule has 5 aromatic carbocycles. The van der Waals surface area contributed by atoms with Crippen molar-refractivity contribution >= 4 is 49.0 Å². The van der Waals surface area contributed by atoms with Gasteiger partial charge in [-0.1, -0.05) is 66.7 Å². The van der Waals surface area contributed by atoms with E-state index < -0.39 is 0 Å². The largest absolute Gasteiger partial charge is 0.289 e. The van der Waals surface area contributed by atoms with Gasteiger partial charge in [0.25, 0.3) is 0 Å². The van der Waals surface area contributed by atoms with Crippen LogP contribution in [0.3, 0.4) is 0 Å². The second-order valence-electron chi connectivity index (χ2n) is 7.83. The Morgan fingerprint density at radius 3 is 2.03 bits per heavy atom. The fourth-order valence-corrected chi connectivity index (χ4v) is 6.43. The summed E-state index contributed by atoms with van der Waals surface area (Å²) in [6.45, 7) is 4.47. The number of hydrogen-bond acceptors (Lipinski definition) is 1. The Hall–Kier alpha value is -2.84. The summed E-state index contributed by atoms with van der Waals surface area (Å²) in [4.78, 5) is 14.3. The number of rotatable bonds is 5. The number of carbonyl (C=O) groups excluding carboxylic acids is 1. The van der Waals surface area contributed by atoms with Gasteiger partial charge in [0, 0.05) is 27.2 Å². The third-order valence-electron chi connectivity index (χ3n) is 5.72. The van der Waals surface area contributed by atoms with Crippen LogP contribution in [0.25, 0.3) is 32.3 Å². The number of benzene rings is 5. The molecular weight excluding hydrogens is 372 g/mol. The predicted molar refractivity (Wildman–Crippen MR) is 127 cm³/mol. The molecule has 142 valence electrons. The molecule has 5 aromatic rings. The molecule has 0 bridgehead atoms. The van der Waals surface area contributed by atoms with E-state index in [4.69, 9.17) is 0 Å². The number of hydrogen-bond donors (Lipinski definition) is 0. The maximum atomic E-state index is 13.0. The zero-order chi connectivity index (χ0) is 20.0. The maximum absolute atomic E-state index is 13.0. The first kappa shape index (κ1) is 18.2. The van der Waals surface area contributed by atoms with E-state index in [-0.39, 0.29) is 16.7 Å². The molecule has 0 amide bonds. The van der Waals surface area contributed by atoms with Gasteiger partial charge in [-0.2, -0.15) is 0 Å². The van der Waals surface area contributed by atoms with Gasteiger partial charge in [-0.25, -0.2) is 0 Å². The van der Waals surface area contributed by atoms with E-state index in [1.54, 1.807) is 0 Å². The molecule has 5 rings (SSSR count). The molecule has 0 aliphatic carbocycles. The number of carbonyl (C=O) groups is 1. The van der Waals surface area contributed by atoms with Crippen molar-refractivity contribution in [3.8, 4) is 0 Å². The Morgan fingerprint density at radius 1 is 0.724 bits per heavy atom. The Labute approximate surface area is 174 Å². The van der Waals surface area contributed by atoms with Crippen molar-refractivity contribution in [3.63, 3.8) is 0 Å². The van der Waals surface area contributed by atoms with Crippen LogP contribution in [-0.2, 0) is 10.9 Å². The lowest BCUT2D eigenvalue weighted by Gasteiger charge is -2.16. The summed E-state index contributed by atoms with van der Waals surface area (Å²) < 4.78 is 0. The Balaban J connectivity index is 1.68. The molecule has 0 aromatic heterocycles. The third-order valence-corrected chi connectivity index (χ3v) is 8.35. The smallest absolute Gasteiger partial charge is 0.212 e. The molecule has 29 heavy (non-hydrogen) atoms. The molecule has 0 saturated carbocycles. The van der Waals surface area contributed by atoms with Gasteiger partial charge < -0.3 is 0 Å². The van der Waals surface area contributed by atoms with Gasteiger partial charge in [0.15, 0.2) is 10.6 Å². The zero-order valence-electron chi connectivity index (χ0n) is 16.7. The van der Waals surface area contributed by atoms with E-state index in [1.165, 1.54) is 37.2 Å². The first-order valence-electron chi connectivity index (χ1n) is 10.1. The van der Waals surface area contributed by atoms with E-state index in [0.717, 1.165) is 5.56 Å². The second-order valence-corrected chi connectivity index (χ2v) is 10.4. The van der Waals surface area contributed by atoms with Crippen molar-refractivity contribution in [2.75, 3.05) is 5.75 Å². The second kappa shape index (κ2) is 7.20. The van der Waals surface area contributed by atoms with E-state index in [0.29, 0.717) is 11.0 Å². The normalized spacial score (nSPS) is 12.9. The van der Waals surface area contributed by atoms with Gasteiger partial charge in [0.2, 0.25) is 5.78 Å². The molecule has 1 unspecified atom stereocenters. The Kier molecular flexibility index (Phi) is 4.52. The highest BCUT2D eigenvalue weighted by atomic mass is 32.2. The number of Topliss-reactive ketones (excluding diaryl/α,β-unsaturated/α-hetero) is 1. The van der Waals surface area contributed by atoms with Crippen molar-refractivity contribution in [2.45, 2.75) is 24.0 Å². The van der Waals surface area contributed by atoms with Crippen molar-refractivity contribution in [2.24, 2.45) is 0 Å².